The van der Waals surface area contributed by atoms with Gasteiger partial charge in [0.15, 0.2) is 6.61 Å². The number of hydrogen-bond donors (Lipinski definition) is 2. The minimum atomic E-state index is -0.209. The average Bonchev–Trinajstić information content (AvgIpc) is 2.47. The molecule has 1 aromatic rings. The van der Waals surface area contributed by atoms with Crippen LogP contribution in [0.3, 0.4) is 0 Å². The molecule has 0 radical (unpaired) electrons. The summed E-state index contributed by atoms with van der Waals surface area (Å²) < 4.78 is 5.38. The predicted octanol–water partition coefficient (Wildman–Crippen LogP) is 0.981. The van der Waals surface area contributed by atoms with E-state index in [-0.39, 0.29) is 18.6 Å². The van der Waals surface area contributed by atoms with Crippen molar-refractivity contribution >= 4 is 23.6 Å². The number of carbonyl (C=O) groups excluding carboxylic acids is 2. The Balaban J connectivity index is 1.94. The lowest BCUT2D eigenvalue weighted by atomic mass is 9.96. The summed E-state index contributed by atoms with van der Waals surface area (Å²) in [6, 6.07) is 3.57. The number of benzene rings is 1. The summed E-state index contributed by atoms with van der Waals surface area (Å²) >= 11 is 0. The number of ether oxygens (including phenoxy) is 1. The highest BCUT2D eigenvalue weighted by atomic mass is 16.5. The molecule has 6 nitrogen and oxygen atoms in total. The lowest BCUT2D eigenvalue weighted by Crippen LogP contribution is -2.32. The molecule has 1 atom stereocenters. The SMILES string of the molecule is Cc1cc2c(cc1C1=NNC(C=O)CC1)NC(=O)CO2. The molecule has 0 saturated heterocycles. The topological polar surface area (TPSA) is 79.8 Å². The van der Waals surface area contributed by atoms with Crippen LogP contribution in [0.15, 0.2) is 17.2 Å². The molecule has 2 heterocycles. The molecule has 20 heavy (non-hydrogen) atoms. The standard InChI is InChI=1S/C14H15N3O3/c1-8-4-13-12(15-14(19)7-20-13)5-10(8)11-3-2-9(6-18)16-17-11/h4-6,9,16H,2-3,7H2,1H3,(H,15,19). The fraction of sp³-hybridized carbons (Fsp3) is 0.357. The zero-order chi connectivity index (χ0) is 14.1. The van der Waals surface area contributed by atoms with E-state index in [0.29, 0.717) is 11.4 Å². The average molecular weight is 273 g/mol. The van der Waals surface area contributed by atoms with Gasteiger partial charge in [-0.25, -0.2) is 0 Å². The van der Waals surface area contributed by atoms with E-state index in [9.17, 15) is 9.59 Å². The number of amides is 1. The molecule has 6 heteroatoms. The molecule has 2 aliphatic rings. The van der Waals surface area contributed by atoms with Crippen molar-refractivity contribution in [2.75, 3.05) is 11.9 Å². The van der Waals surface area contributed by atoms with Gasteiger partial charge < -0.3 is 14.8 Å². The van der Waals surface area contributed by atoms with Crippen LogP contribution >= 0.6 is 0 Å². The number of hydrogen-bond acceptors (Lipinski definition) is 5. The molecule has 1 unspecified atom stereocenters. The summed E-state index contributed by atoms with van der Waals surface area (Å²) in [6.07, 6.45) is 2.32. The lowest BCUT2D eigenvalue weighted by molar-refractivity contribution is -0.118. The van der Waals surface area contributed by atoms with Crippen molar-refractivity contribution in [2.45, 2.75) is 25.8 Å². The number of aldehydes is 1. The number of aryl methyl sites for hydroxylation is 1. The van der Waals surface area contributed by atoms with Crippen LogP contribution in [0.4, 0.5) is 5.69 Å². The third-order valence-electron chi connectivity index (χ3n) is 3.49. The van der Waals surface area contributed by atoms with Crippen LogP contribution in [-0.4, -0.2) is 30.6 Å². The number of fused-ring (bicyclic) bond motifs is 1. The Morgan fingerprint density at radius 3 is 3.00 bits per heavy atom. The summed E-state index contributed by atoms with van der Waals surface area (Å²) in [5, 5.41) is 7.05. The van der Waals surface area contributed by atoms with Crippen LogP contribution in [-0.2, 0) is 9.59 Å². The van der Waals surface area contributed by atoms with Crippen molar-refractivity contribution in [2.24, 2.45) is 5.10 Å². The molecule has 0 aromatic heterocycles. The summed E-state index contributed by atoms with van der Waals surface area (Å²) in [4.78, 5) is 22.1. The van der Waals surface area contributed by atoms with Crippen molar-refractivity contribution < 1.29 is 14.3 Å². The van der Waals surface area contributed by atoms with Gasteiger partial charge in [-0.1, -0.05) is 0 Å². The van der Waals surface area contributed by atoms with Crippen LogP contribution in [0.2, 0.25) is 0 Å². The van der Waals surface area contributed by atoms with E-state index in [0.717, 1.165) is 36.0 Å². The maximum absolute atomic E-state index is 11.4. The predicted molar refractivity (Wildman–Crippen MR) is 74.1 cm³/mol. The van der Waals surface area contributed by atoms with Crippen molar-refractivity contribution in [3.05, 3.63) is 23.3 Å². The highest BCUT2D eigenvalue weighted by molar-refractivity contribution is 6.05. The highest BCUT2D eigenvalue weighted by Crippen LogP contribution is 2.32. The van der Waals surface area contributed by atoms with Gasteiger partial charge >= 0.3 is 0 Å². The van der Waals surface area contributed by atoms with Crippen LogP contribution in [0.5, 0.6) is 5.75 Å². The highest BCUT2D eigenvalue weighted by Gasteiger charge is 2.21. The zero-order valence-electron chi connectivity index (χ0n) is 11.1. The molecule has 0 aliphatic carbocycles. The van der Waals surface area contributed by atoms with Crippen molar-refractivity contribution in [1.82, 2.24) is 5.43 Å². The maximum atomic E-state index is 11.4. The van der Waals surface area contributed by atoms with Gasteiger partial charge in [-0.05, 0) is 37.5 Å². The second-order valence-corrected chi connectivity index (χ2v) is 4.97. The third kappa shape index (κ3) is 2.24. The number of rotatable bonds is 2. The van der Waals surface area contributed by atoms with Crippen molar-refractivity contribution in [3.8, 4) is 5.75 Å². The molecule has 1 amide bonds. The van der Waals surface area contributed by atoms with E-state index in [4.69, 9.17) is 4.74 Å². The van der Waals surface area contributed by atoms with Gasteiger partial charge in [0.25, 0.3) is 5.91 Å². The number of nitrogens with zero attached hydrogens (tertiary/aromatic N) is 1. The summed E-state index contributed by atoms with van der Waals surface area (Å²) in [6.45, 7) is 2.03. The van der Waals surface area contributed by atoms with Gasteiger partial charge in [-0.3, -0.25) is 10.2 Å². The zero-order valence-corrected chi connectivity index (χ0v) is 11.1. The second-order valence-electron chi connectivity index (χ2n) is 4.97. The smallest absolute Gasteiger partial charge is 0.262 e. The molecule has 2 aliphatic heterocycles. The largest absolute Gasteiger partial charge is 0.482 e. The minimum absolute atomic E-state index is 0.0509. The van der Waals surface area contributed by atoms with Crippen LogP contribution in [0.1, 0.15) is 24.0 Å². The Labute approximate surface area is 116 Å². The van der Waals surface area contributed by atoms with Crippen molar-refractivity contribution in [1.29, 1.82) is 0 Å². The monoisotopic (exact) mass is 273 g/mol. The summed E-state index contributed by atoms with van der Waals surface area (Å²) in [5.74, 6) is 0.526. The van der Waals surface area contributed by atoms with E-state index in [1.165, 1.54) is 0 Å². The number of anilines is 1. The lowest BCUT2D eigenvalue weighted by Gasteiger charge is -2.23. The molecule has 0 fully saturated rings. The number of nitrogens with one attached hydrogen (secondary N) is 2. The van der Waals surface area contributed by atoms with E-state index in [1.807, 2.05) is 19.1 Å². The van der Waals surface area contributed by atoms with Gasteiger partial charge in [0.1, 0.15) is 12.0 Å². The van der Waals surface area contributed by atoms with Crippen LogP contribution in [0.25, 0.3) is 0 Å². The van der Waals surface area contributed by atoms with Gasteiger partial charge in [0, 0.05) is 5.56 Å². The summed E-state index contributed by atoms with van der Waals surface area (Å²) in [5.41, 5.74) is 6.39. The van der Waals surface area contributed by atoms with E-state index in [2.05, 4.69) is 15.8 Å². The van der Waals surface area contributed by atoms with E-state index in [1.54, 1.807) is 0 Å². The first kappa shape index (κ1) is 12.7. The van der Waals surface area contributed by atoms with Gasteiger partial charge in [-0.15, -0.1) is 0 Å². The Hall–Kier alpha value is -2.37. The number of carbonyl (C=O) groups is 2. The van der Waals surface area contributed by atoms with Gasteiger partial charge in [0.2, 0.25) is 0 Å². The third-order valence-corrected chi connectivity index (χ3v) is 3.49. The molecule has 2 N–H and O–H groups in total. The normalized spacial score (nSPS) is 20.9. The summed E-state index contributed by atoms with van der Waals surface area (Å²) in [7, 11) is 0. The molecular formula is C14H15N3O3. The fourth-order valence-electron chi connectivity index (χ4n) is 2.41. The fourth-order valence-corrected chi connectivity index (χ4v) is 2.41. The Morgan fingerprint density at radius 1 is 1.45 bits per heavy atom. The molecule has 0 spiro atoms. The molecule has 104 valence electrons. The first-order valence-electron chi connectivity index (χ1n) is 6.52. The van der Waals surface area contributed by atoms with Gasteiger partial charge in [-0.2, -0.15) is 5.10 Å². The molecular weight excluding hydrogens is 258 g/mol. The Kier molecular flexibility index (Phi) is 3.14. The van der Waals surface area contributed by atoms with E-state index < -0.39 is 0 Å². The van der Waals surface area contributed by atoms with Crippen LogP contribution in [0, 0.1) is 6.92 Å². The number of hydrazone groups is 1. The molecule has 1 aromatic carbocycles. The molecule has 0 bridgehead atoms. The first-order chi connectivity index (χ1) is 9.67. The maximum Gasteiger partial charge on any atom is 0.262 e. The van der Waals surface area contributed by atoms with E-state index >= 15 is 0 Å². The first-order valence-corrected chi connectivity index (χ1v) is 6.52. The minimum Gasteiger partial charge on any atom is -0.482 e. The Bertz CT molecular complexity index is 610. The molecule has 0 saturated carbocycles. The van der Waals surface area contributed by atoms with Gasteiger partial charge in [0.05, 0.1) is 17.4 Å². The second kappa shape index (κ2) is 4.96. The quantitative estimate of drug-likeness (QED) is 0.787. The van der Waals surface area contributed by atoms with Crippen molar-refractivity contribution in [3.63, 3.8) is 0 Å². The Morgan fingerprint density at radius 2 is 2.30 bits per heavy atom. The molecule has 3 rings (SSSR count). The van der Waals surface area contributed by atoms with Crippen LogP contribution < -0.4 is 15.5 Å².